The molecule has 0 radical (unpaired) electrons. The molecule has 0 rings (SSSR count). The summed E-state index contributed by atoms with van der Waals surface area (Å²) in [7, 11) is 12.5. The van der Waals surface area contributed by atoms with Gasteiger partial charge in [0.1, 0.15) is 0 Å². The van der Waals surface area contributed by atoms with E-state index in [1.807, 2.05) is 0 Å². The van der Waals surface area contributed by atoms with Crippen LogP contribution >= 0.6 is 27.8 Å². The summed E-state index contributed by atoms with van der Waals surface area (Å²) in [5.74, 6) is 0. The molecule has 0 N–H and O–H groups in total. The molecule has 0 fully saturated rings. The van der Waals surface area contributed by atoms with Gasteiger partial charge in [-0.15, -0.1) is 9.24 Å². The molecule has 1 atom stereocenters. The molecule has 0 aliphatic carbocycles. The van der Waals surface area contributed by atoms with E-state index in [4.69, 9.17) is 18.6 Å². The molecule has 0 nitrogen and oxygen atoms in total. The van der Waals surface area contributed by atoms with E-state index in [9.17, 15) is 0 Å². The van der Waals surface area contributed by atoms with Crippen molar-refractivity contribution in [3.63, 3.8) is 0 Å². The van der Waals surface area contributed by atoms with Crippen LogP contribution in [0, 0.1) is 0 Å². The smallest absolute Gasteiger partial charge is 0 e. The predicted molar refractivity (Wildman–Crippen MR) is 41.2 cm³/mol. The number of rotatable bonds is 2. The molecule has 13 heavy (non-hydrogen) atoms. The van der Waals surface area contributed by atoms with Crippen LogP contribution < -0.4 is 0 Å². The van der Waals surface area contributed by atoms with Crippen molar-refractivity contribution >= 4 is 27.8 Å². The third kappa shape index (κ3) is 76.0. The van der Waals surface area contributed by atoms with Crippen LogP contribution in [0.5, 0.6) is 0 Å². The van der Waals surface area contributed by atoms with E-state index >= 15 is 0 Å². The molecule has 0 saturated carbocycles. The molecule has 1 unspecified atom stereocenters. The van der Waals surface area contributed by atoms with E-state index in [2.05, 4.69) is 16.2 Å². The first-order valence-electron chi connectivity index (χ1n) is 2.49. The molecule has 0 aromatic rings. The van der Waals surface area contributed by atoms with Crippen LogP contribution in [0.1, 0.15) is 19.8 Å². The Morgan fingerprint density at radius 1 is 1.00 bits per heavy atom. The normalized spacial score (nSPS) is 4.31. The van der Waals surface area contributed by atoms with Gasteiger partial charge in [-0.3, -0.25) is 0 Å². The van der Waals surface area contributed by atoms with Crippen LogP contribution in [0.15, 0.2) is 0 Å². The minimum atomic E-state index is -0.556. The van der Waals surface area contributed by atoms with Gasteiger partial charge in [-0.1, -0.05) is 19.8 Å². The van der Waals surface area contributed by atoms with Crippen LogP contribution in [-0.2, 0) is 126 Å². The summed E-state index contributed by atoms with van der Waals surface area (Å²) in [5, 5.41) is 0. The number of unbranched alkanes of at least 4 members (excludes halogenated alkanes) is 1. The van der Waals surface area contributed by atoms with Crippen LogP contribution in [0.3, 0.4) is 0 Å². The minimum absolute atomic E-state index is 0. The summed E-state index contributed by atoms with van der Waals surface area (Å²) in [6, 6.07) is 0. The van der Waals surface area contributed by atoms with Gasteiger partial charge >= 0.3 is 35.6 Å². The third-order valence-electron chi connectivity index (χ3n) is 0.558. The Morgan fingerprint density at radius 2 is 1.23 bits per heavy atom. The Morgan fingerprint density at radius 3 is 1.23 bits per heavy atom. The molecule has 70 valence electrons. The molecular formula is C4H11Cl2PTi6. The van der Waals surface area contributed by atoms with Crippen molar-refractivity contribution in [1.29, 1.82) is 0 Å². The second-order valence-electron chi connectivity index (χ2n) is 1.21. The number of halogens is 2. The summed E-state index contributed by atoms with van der Waals surface area (Å²) >= 11 is -0.556. The van der Waals surface area contributed by atoms with E-state index in [0.717, 1.165) is 0 Å². The summed E-state index contributed by atoms with van der Waals surface area (Å²) in [6.45, 7) is 2.20. The number of hydrogen-bond acceptors (Lipinski definition) is 0. The molecule has 9 heteroatoms. The molecule has 0 aliphatic rings. The largest absolute Gasteiger partial charge is 0 e. The number of hydrogen-bond donors (Lipinski definition) is 0. The zero-order valence-electron chi connectivity index (χ0n) is 7.45. The van der Waals surface area contributed by atoms with Crippen molar-refractivity contribution in [2.75, 3.05) is 6.16 Å². The summed E-state index contributed by atoms with van der Waals surface area (Å²) < 4.78 is 0. The van der Waals surface area contributed by atoms with E-state index in [1.165, 1.54) is 19.0 Å². The Labute approximate surface area is 176 Å². The van der Waals surface area contributed by atoms with Crippen LogP contribution in [0.4, 0.5) is 0 Å². The molecule has 0 spiro atoms. The fourth-order valence-corrected chi connectivity index (χ4v) is 0.612. The van der Waals surface area contributed by atoms with Gasteiger partial charge in [-0.2, -0.15) is 0 Å². The second-order valence-corrected chi connectivity index (χ2v) is 4.37. The maximum atomic E-state index is 4.89. The maximum Gasteiger partial charge on any atom is 0 e. The molecule has 0 amide bonds. The van der Waals surface area contributed by atoms with Crippen molar-refractivity contribution in [3.8, 4) is 0 Å². The van der Waals surface area contributed by atoms with Crippen LogP contribution in [-0.4, -0.2) is 6.16 Å². The van der Waals surface area contributed by atoms with Crippen molar-refractivity contribution < 1.29 is 126 Å². The molecule has 0 saturated heterocycles. The topological polar surface area (TPSA) is 0 Å². The fourth-order valence-electron chi connectivity index (χ4n) is 0.204. The third-order valence-corrected chi connectivity index (χ3v) is 0.966. The van der Waals surface area contributed by atoms with Gasteiger partial charge in [0.2, 0.25) is 0 Å². The van der Waals surface area contributed by atoms with Crippen molar-refractivity contribution in [2.45, 2.75) is 19.8 Å². The van der Waals surface area contributed by atoms with E-state index in [1.54, 1.807) is 0 Å². The van der Waals surface area contributed by atoms with Gasteiger partial charge < -0.3 is 0 Å². The van der Waals surface area contributed by atoms with Gasteiger partial charge in [-0.25, -0.2) is 0 Å². The molecule has 0 heterocycles. The quantitative estimate of drug-likeness (QED) is 0.450. The standard InChI is InChI=1S/C4H11P.2ClH.6Ti/c1-2-3-4-5;;;;;;;;/h2-5H2,1H3;2*1H;;;;;;/q;;;;;;;;+2/p-2. The average molecular weight is 448 g/mol. The molecular weight excluding hydrogens is 437 g/mol. The van der Waals surface area contributed by atoms with Crippen LogP contribution in [0.25, 0.3) is 0 Å². The minimum Gasteiger partial charge on any atom is 0 e. The van der Waals surface area contributed by atoms with Gasteiger partial charge in [-0.05, 0) is 6.16 Å². The summed E-state index contributed by atoms with van der Waals surface area (Å²) in [4.78, 5) is 0. The fraction of sp³-hybridized carbons (Fsp3) is 1.00. The Balaban J connectivity index is -0.00000000840. The zero-order valence-corrected chi connectivity index (χ0v) is 19.5. The van der Waals surface area contributed by atoms with Gasteiger partial charge in [0.25, 0.3) is 0 Å². The first kappa shape index (κ1) is 42.9. The van der Waals surface area contributed by atoms with Crippen LogP contribution in [0.2, 0.25) is 0 Å². The zero-order chi connectivity index (χ0) is 6.83. The predicted octanol–water partition coefficient (Wildman–Crippen LogP) is 3.03. The van der Waals surface area contributed by atoms with Gasteiger partial charge in [0, 0.05) is 109 Å². The second kappa shape index (κ2) is 53.2. The average Bonchev–Trinajstić information content (AvgIpc) is 1.71. The molecule has 0 aliphatic heterocycles. The van der Waals surface area contributed by atoms with Gasteiger partial charge in [0.05, 0.1) is 0 Å². The van der Waals surface area contributed by atoms with E-state index in [0.29, 0.717) is 0 Å². The Hall–Kier alpha value is 5.30. The first-order chi connectivity index (χ1) is 3.83. The van der Waals surface area contributed by atoms with E-state index in [-0.39, 0.29) is 109 Å². The van der Waals surface area contributed by atoms with Gasteiger partial charge in [0.15, 0.2) is 0 Å². The summed E-state index contributed by atoms with van der Waals surface area (Å²) in [6.07, 6.45) is 3.94. The Kier molecular flexibility index (Phi) is 175. The molecule has 0 aromatic heterocycles. The van der Waals surface area contributed by atoms with E-state index < -0.39 is 17.0 Å². The molecule has 0 bridgehead atoms. The monoisotopic (exact) mass is 448 g/mol. The first-order valence-corrected chi connectivity index (χ1v) is 7.61. The SMILES string of the molecule is CCCCP.[Cl][Ti][Cl].[Ti].[Ti].[Ti].[Ti].[Ti]. The Bertz CT molecular complexity index is 36.6. The van der Waals surface area contributed by atoms with Crippen molar-refractivity contribution in [1.82, 2.24) is 0 Å². The van der Waals surface area contributed by atoms with Crippen molar-refractivity contribution in [3.05, 3.63) is 0 Å². The molecule has 0 aromatic carbocycles. The van der Waals surface area contributed by atoms with Crippen molar-refractivity contribution in [2.24, 2.45) is 0 Å². The summed E-state index contributed by atoms with van der Waals surface area (Å²) in [5.41, 5.74) is 0. The maximum absolute atomic E-state index is 4.89.